The summed E-state index contributed by atoms with van der Waals surface area (Å²) < 4.78 is 13.1. The van der Waals surface area contributed by atoms with Crippen LogP contribution in [-0.2, 0) is 4.79 Å². The van der Waals surface area contributed by atoms with E-state index in [1.807, 2.05) is 42.5 Å². The average molecular weight is 562 g/mol. The van der Waals surface area contributed by atoms with Crippen LogP contribution in [0.4, 0.5) is 5.69 Å². The lowest BCUT2D eigenvalue weighted by molar-refractivity contribution is -0.113. The standard InChI is InChI=1S/C18H13BrINO3S2/c1-23-14-8-10(7-13(20)16(14)24-2)9-15-17(22)21(18(25)26-15)12-5-3-11(19)4-6-12/h3-9H,1-2H3/b15-9+. The van der Waals surface area contributed by atoms with Crippen molar-refractivity contribution in [2.75, 3.05) is 19.1 Å². The number of halogens is 2. The third-order valence-corrected chi connectivity index (χ3v) is 6.26. The molecule has 8 heteroatoms. The van der Waals surface area contributed by atoms with Crippen LogP contribution in [0.5, 0.6) is 11.5 Å². The van der Waals surface area contributed by atoms with Crippen molar-refractivity contribution in [3.05, 3.63) is 54.9 Å². The van der Waals surface area contributed by atoms with Gasteiger partial charge < -0.3 is 9.47 Å². The van der Waals surface area contributed by atoms with Crippen LogP contribution in [0.2, 0.25) is 0 Å². The summed E-state index contributed by atoms with van der Waals surface area (Å²) in [5, 5.41) is 0. The Morgan fingerprint density at radius 3 is 2.50 bits per heavy atom. The van der Waals surface area contributed by atoms with Gasteiger partial charge in [0.2, 0.25) is 0 Å². The van der Waals surface area contributed by atoms with Crippen LogP contribution in [0.15, 0.2) is 45.8 Å². The number of benzene rings is 2. The molecule has 0 atom stereocenters. The van der Waals surface area contributed by atoms with Gasteiger partial charge in [0.25, 0.3) is 5.91 Å². The van der Waals surface area contributed by atoms with Crippen molar-refractivity contribution in [2.45, 2.75) is 0 Å². The van der Waals surface area contributed by atoms with E-state index >= 15 is 0 Å². The van der Waals surface area contributed by atoms with Gasteiger partial charge >= 0.3 is 0 Å². The molecule has 0 radical (unpaired) electrons. The second-order valence-electron chi connectivity index (χ2n) is 5.23. The van der Waals surface area contributed by atoms with E-state index in [1.54, 1.807) is 19.1 Å². The number of thiocarbonyl (C=S) groups is 1. The molecule has 134 valence electrons. The highest BCUT2D eigenvalue weighted by atomic mass is 127. The lowest BCUT2D eigenvalue weighted by Gasteiger charge is -2.14. The van der Waals surface area contributed by atoms with Gasteiger partial charge in [-0.3, -0.25) is 9.69 Å². The summed E-state index contributed by atoms with van der Waals surface area (Å²) in [7, 11) is 3.19. The lowest BCUT2D eigenvalue weighted by atomic mass is 10.2. The molecule has 1 saturated heterocycles. The van der Waals surface area contributed by atoms with Crippen LogP contribution in [0.25, 0.3) is 6.08 Å². The number of hydrogen-bond donors (Lipinski definition) is 0. The minimum Gasteiger partial charge on any atom is -0.493 e. The third-order valence-electron chi connectivity index (χ3n) is 3.63. The molecule has 2 aromatic carbocycles. The zero-order valence-corrected chi connectivity index (χ0v) is 19.2. The number of ether oxygens (including phenoxy) is 2. The van der Waals surface area contributed by atoms with Crippen LogP contribution in [0.3, 0.4) is 0 Å². The van der Waals surface area contributed by atoms with E-state index in [9.17, 15) is 4.79 Å². The maximum atomic E-state index is 12.8. The Kier molecular flexibility index (Phi) is 6.26. The van der Waals surface area contributed by atoms with Gasteiger partial charge in [-0.2, -0.15) is 0 Å². The summed E-state index contributed by atoms with van der Waals surface area (Å²) in [5.41, 5.74) is 1.60. The Labute approximate surface area is 183 Å². The normalized spacial score (nSPS) is 15.7. The summed E-state index contributed by atoms with van der Waals surface area (Å²) in [4.78, 5) is 15.0. The lowest BCUT2D eigenvalue weighted by Crippen LogP contribution is -2.27. The van der Waals surface area contributed by atoms with Crippen molar-refractivity contribution in [1.29, 1.82) is 0 Å². The SMILES string of the molecule is COc1cc(/C=C2/SC(=S)N(c3ccc(Br)cc3)C2=O)cc(I)c1OC. The number of anilines is 1. The fourth-order valence-corrected chi connectivity index (χ4v) is 4.86. The monoisotopic (exact) mass is 561 g/mol. The second kappa shape index (κ2) is 8.28. The molecule has 0 N–H and O–H groups in total. The largest absolute Gasteiger partial charge is 0.493 e. The van der Waals surface area contributed by atoms with Crippen molar-refractivity contribution in [1.82, 2.24) is 0 Å². The van der Waals surface area contributed by atoms with Gasteiger partial charge in [-0.25, -0.2) is 0 Å². The third kappa shape index (κ3) is 3.92. The zero-order valence-electron chi connectivity index (χ0n) is 13.8. The molecule has 1 aliphatic heterocycles. The van der Waals surface area contributed by atoms with Crippen LogP contribution in [0, 0.1) is 3.57 Å². The van der Waals surface area contributed by atoms with Crippen molar-refractivity contribution in [3.63, 3.8) is 0 Å². The Balaban J connectivity index is 1.95. The first-order valence-corrected chi connectivity index (χ1v) is 10.5. The van der Waals surface area contributed by atoms with E-state index in [1.165, 1.54) is 11.8 Å². The van der Waals surface area contributed by atoms with Crippen LogP contribution in [0.1, 0.15) is 5.56 Å². The molecule has 1 heterocycles. The van der Waals surface area contributed by atoms with E-state index in [0.717, 1.165) is 19.3 Å². The van der Waals surface area contributed by atoms with Crippen molar-refractivity contribution in [3.8, 4) is 11.5 Å². The topological polar surface area (TPSA) is 38.8 Å². The smallest absolute Gasteiger partial charge is 0.270 e. The van der Waals surface area contributed by atoms with Gasteiger partial charge in [-0.15, -0.1) is 0 Å². The first-order valence-electron chi connectivity index (χ1n) is 7.39. The Morgan fingerprint density at radius 2 is 1.88 bits per heavy atom. The van der Waals surface area contributed by atoms with Gasteiger partial charge in [0.15, 0.2) is 15.8 Å². The Morgan fingerprint density at radius 1 is 1.19 bits per heavy atom. The molecular weight excluding hydrogens is 549 g/mol. The molecule has 0 spiro atoms. The van der Waals surface area contributed by atoms with Gasteiger partial charge in [-0.1, -0.05) is 39.9 Å². The van der Waals surface area contributed by atoms with Gasteiger partial charge in [0.1, 0.15) is 0 Å². The molecule has 0 aromatic heterocycles. The fourth-order valence-electron chi connectivity index (χ4n) is 2.45. The molecule has 26 heavy (non-hydrogen) atoms. The number of hydrogen-bond acceptors (Lipinski definition) is 5. The maximum absolute atomic E-state index is 12.8. The van der Waals surface area contributed by atoms with Gasteiger partial charge in [0.05, 0.1) is 28.4 Å². The molecule has 0 saturated carbocycles. The number of nitrogens with zero attached hydrogens (tertiary/aromatic N) is 1. The highest BCUT2D eigenvalue weighted by Crippen LogP contribution is 2.38. The van der Waals surface area contributed by atoms with Crippen molar-refractivity contribution >= 4 is 84.5 Å². The molecular formula is C18H13BrINO3S2. The molecule has 0 unspecified atom stereocenters. The summed E-state index contributed by atoms with van der Waals surface area (Å²) in [6.45, 7) is 0. The first-order chi connectivity index (χ1) is 12.4. The van der Waals surface area contributed by atoms with Crippen LogP contribution in [-0.4, -0.2) is 24.4 Å². The van der Waals surface area contributed by atoms with E-state index in [-0.39, 0.29) is 5.91 Å². The van der Waals surface area contributed by atoms with E-state index in [0.29, 0.717) is 20.7 Å². The predicted octanol–water partition coefficient (Wildman–Crippen LogP) is 5.48. The highest BCUT2D eigenvalue weighted by molar-refractivity contribution is 14.1. The predicted molar refractivity (Wildman–Crippen MR) is 122 cm³/mol. The summed E-state index contributed by atoms with van der Waals surface area (Å²) in [5.74, 6) is 1.16. The molecule has 0 aliphatic carbocycles. The minimum absolute atomic E-state index is 0.132. The van der Waals surface area contributed by atoms with E-state index in [4.69, 9.17) is 21.7 Å². The molecule has 0 bridgehead atoms. The molecule has 2 aromatic rings. The highest BCUT2D eigenvalue weighted by Gasteiger charge is 2.33. The molecule has 4 nitrogen and oxygen atoms in total. The summed E-state index contributed by atoms with van der Waals surface area (Å²) in [6.07, 6.45) is 1.82. The summed E-state index contributed by atoms with van der Waals surface area (Å²) in [6, 6.07) is 11.3. The van der Waals surface area contributed by atoms with Gasteiger partial charge in [-0.05, 0) is 70.6 Å². The molecule has 1 fully saturated rings. The van der Waals surface area contributed by atoms with Crippen LogP contribution < -0.4 is 14.4 Å². The molecule has 1 aliphatic rings. The van der Waals surface area contributed by atoms with Crippen LogP contribution >= 0.6 is 62.5 Å². The number of thioether (sulfide) groups is 1. The van der Waals surface area contributed by atoms with Crippen molar-refractivity contribution < 1.29 is 14.3 Å². The minimum atomic E-state index is -0.132. The first kappa shape index (κ1) is 19.7. The Bertz CT molecular complexity index is 915. The average Bonchev–Trinajstić information content (AvgIpc) is 2.89. The zero-order chi connectivity index (χ0) is 18.8. The number of methoxy groups -OCH3 is 2. The quantitative estimate of drug-likeness (QED) is 0.281. The molecule has 1 amide bonds. The number of rotatable bonds is 4. The number of carbonyl (C=O) groups excluding carboxylic acids is 1. The van der Waals surface area contributed by atoms with Gasteiger partial charge in [0, 0.05) is 4.47 Å². The summed E-state index contributed by atoms with van der Waals surface area (Å²) >= 11 is 12.3. The second-order valence-corrected chi connectivity index (χ2v) is 8.99. The number of carbonyl (C=O) groups is 1. The number of amides is 1. The van der Waals surface area contributed by atoms with Crippen molar-refractivity contribution in [2.24, 2.45) is 0 Å². The van der Waals surface area contributed by atoms with E-state index in [2.05, 4.69) is 38.5 Å². The molecule has 3 rings (SSSR count). The fraction of sp³-hybridized carbons (Fsp3) is 0.111. The maximum Gasteiger partial charge on any atom is 0.270 e. The Hall–Kier alpha value is -1.10. The van der Waals surface area contributed by atoms with E-state index < -0.39 is 0 Å².